The van der Waals surface area contributed by atoms with Crippen molar-refractivity contribution in [3.63, 3.8) is 0 Å². The van der Waals surface area contributed by atoms with E-state index in [0.29, 0.717) is 18.4 Å². The molecule has 4 nitrogen and oxygen atoms in total. The summed E-state index contributed by atoms with van der Waals surface area (Å²) in [4.78, 5) is 4.28. The van der Waals surface area contributed by atoms with Crippen LogP contribution in [0.2, 0.25) is 0 Å². The van der Waals surface area contributed by atoms with E-state index in [1.165, 1.54) is 0 Å². The van der Waals surface area contributed by atoms with Gasteiger partial charge in [-0.05, 0) is 25.5 Å². The quantitative estimate of drug-likeness (QED) is 0.770. The number of rotatable bonds is 8. The van der Waals surface area contributed by atoms with Crippen molar-refractivity contribution in [2.75, 3.05) is 20.3 Å². The molecule has 0 aromatic carbocycles. The average molecular weight is 252 g/mol. The summed E-state index contributed by atoms with van der Waals surface area (Å²) in [5, 5.41) is 3.40. The van der Waals surface area contributed by atoms with Crippen molar-refractivity contribution in [2.24, 2.45) is 5.92 Å². The third kappa shape index (κ3) is 5.47. The molecule has 4 heteroatoms. The van der Waals surface area contributed by atoms with Crippen molar-refractivity contribution in [3.05, 3.63) is 23.9 Å². The third-order valence-corrected chi connectivity index (χ3v) is 2.43. The molecule has 1 unspecified atom stereocenters. The normalized spacial score (nSPS) is 12.7. The lowest BCUT2D eigenvalue weighted by Crippen LogP contribution is -2.22. The van der Waals surface area contributed by atoms with E-state index in [-0.39, 0.29) is 6.10 Å². The largest absolute Gasteiger partial charge is 0.472 e. The molecule has 0 aliphatic heterocycles. The van der Waals surface area contributed by atoms with Crippen molar-refractivity contribution >= 4 is 0 Å². The third-order valence-electron chi connectivity index (χ3n) is 2.43. The molecule has 102 valence electrons. The molecule has 1 N–H and O–H groups in total. The standard InChI is InChI=1S/C14H24N2O2/c1-11(2)8-15-9-13-6-5-7-16-14(13)18-12(3)10-17-4/h5-7,11-12,15H,8-10H2,1-4H3. The molecule has 1 aromatic rings. The van der Waals surface area contributed by atoms with Gasteiger partial charge in [-0.25, -0.2) is 4.98 Å². The van der Waals surface area contributed by atoms with Crippen LogP contribution in [-0.4, -0.2) is 31.3 Å². The number of pyridine rings is 1. The number of nitrogens with one attached hydrogen (secondary N) is 1. The number of aromatic nitrogens is 1. The van der Waals surface area contributed by atoms with E-state index >= 15 is 0 Å². The highest BCUT2D eigenvalue weighted by Gasteiger charge is 2.09. The van der Waals surface area contributed by atoms with Gasteiger partial charge in [-0.15, -0.1) is 0 Å². The minimum absolute atomic E-state index is 0.00810. The van der Waals surface area contributed by atoms with Crippen LogP contribution in [0.5, 0.6) is 5.88 Å². The molecule has 0 amide bonds. The monoisotopic (exact) mass is 252 g/mol. The van der Waals surface area contributed by atoms with E-state index in [1.54, 1.807) is 13.3 Å². The Kier molecular flexibility index (Phi) is 6.68. The fourth-order valence-electron chi connectivity index (χ4n) is 1.62. The second-order valence-corrected chi connectivity index (χ2v) is 4.88. The Morgan fingerprint density at radius 2 is 2.11 bits per heavy atom. The predicted octanol–water partition coefficient (Wildman–Crippen LogP) is 2.24. The maximum absolute atomic E-state index is 5.77. The summed E-state index contributed by atoms with van der Waals surface area (Å²) < 4.78 is 10.8. The van der Waals surface area contributed by atoms with Gasteiger partial charge >= 0.3 is 0 Å². The smallest absolute Gasteiger partial charge is 0.218 e. The fraction of sp³-hybridized carbons (Fsp3) is 0.643. The molecule has 1 atom stereocenters. The second-order valence-electron chi connectivity index (χ2n) is 4.88. The Bertz CT molecular complexity index is 342. The molecule has 1 heterocycles. The van der Waals surface area contributed by atoms with Gasteiger partial charge in [0.15, 0.2) is 0 Å². The van der Waals surface area contributed by atoms with Crippen molar-refractivity contribution in [1.29, 1.82) is 0 Å². The molecule has 1 rings (SSSR count). The van der Waals surface area contributed by atoms with Gasteiger partial charge in [-0.1, -0.05) is 19.9 Å². The number of hydrogen-bond donors (Lipinski definition) is 1. The molecule has 0 saturated heterocycles. The van der Waals surface area contributed by atoms with Crippen LogP contribution >= 0.6 is 0 Å². The van der Waals surface area contributed by atoms with Crippen LogP contribution in [0.3, 0.4) is 0 Å². The first-order valence-corrected chi connectivity index (χ1v) is 6.43. The summed E-state index contributed by atoms with van der Waals surface area (Å²) >= 11 is 0. The highest BCUT2D eigenvalue weighted by Crippen LogP contribution is 2.15. The van der Waals surface area contributed by atoms with E-state index in [1.807, 2.05) is 19.1 Å². The van der Waals surface area contributed by atoms with Crippen molar-refractivity contribution in [3.8, 4) is 5.88 Å². The van der Waals surface area contributed by atoms with Crippen LogP contribution < -0.4 is 10.1 Å². The molecule has 18 heavy (non-hydrogen) atoms. The number of nitrogens with zero attached hydrogens (tertiary/aromatic N) is 1. The van der Waals surface area contributed by atoms with Crippen molar-refractivity contribution < 1.29 is 9.47 Å². The summed E-state index contributed by atoms with van der Waals surface area (Å²) in [6, 6.07) is 3.97. The topological polar surface area (TPSA) is 43.4 Å². The minimum atomic E-state index is 0.00810. The van der Waals surface area contributed by atoms with Gasteiger partial charge in [0.2, 0.25) is 5.88 Å². The molecular weight excluding hydrogens is 228 g/mol. The van der Waals surface area contributed by atoms with Gasteiger partial charge in [0.05, 0.1) is 6.61 Å². The zero-order valence-corrected chi connectivity index (χ0v) is 11.8. The highest BCUT2D eigenvalue weighted by molar-refractivity contribution is 5.25. The van der Waals surface area contributed by atoms with Gasteiger partial charge in [-0.2, -0.15) is 0 Å². The SMILES string of the molecule is COCC(C)Oc1ncccc1CNCC(C)C. The molecule has 0 bridgehead atoms. The average Bonchev–Trinajstić information content (AvgIpc) is 2.31. The lowest BCUT2D eigenvalue weighted by atomic mass is 10.2. The maximum atomic E-state index is 5.77. The van der Waals surface area contributed by atoms with Gasteiger partial charge in [0.1, 0.15) is 6.10 Å². The van der Waals surface area contributed by atoms with Crippen LogP contribution in [0.15, 0.2) is 18.3 Å². The lowest BCUT2D eigenvalue weighted by molar-refractivity contribution is 0.0881. The van der Waals surface area contributed by atoms with Crippen molar-refractivity contribution in [1.82, 2.24) is 10.3 Å². The summed E-state index contributed by atoms with van der Waals surface area (Å²) in [6.45, 7) is 8.69. The summed E-state index contributed by atoms with van der Waals surface area (Å²) in [7, 11) is 1.67. The molecule has 0 aliphatic carbocycles. The van der Waals surface area contributed by atoms with Crippen LogP contribution in [0.1, 0.15) is 26.3 Å². The molecule has 0 spiro atoms. The van der Waals surface area contributed by atoms with Gasteiger partial charge in [-0.3, -0.25) is 0 Å². The molecule has 1 aromatic heterocycles. The molecule has 0 aliphatic rings. The van der Waals surface area contributed by atoms with E-state index in [4.69, 9.17) is 9.47 Å². The van der Waals surface area contributed by atoms with Crippen LogP contribution in [-0.2, 0) is 11.3 Å². The summed E-state index contributed by atoms with van der Waals surface area (Å²) in [6.07, 6.45) is 1.76. The van der Waals surface area contributed by atoms with E-state index in [2.05, 4.69) is 24.1 Å². The van der Waals surface area contributed by atoms with Gasteiger partial charge in [0, 0.05) is 25.4 Å². The number of hydrogen-bond acceptors (Lipinski definition) is 4. The molecular formula is C14H24N2O2. The van der Waals surface area contributed by atoms with Gasteiger partial charge < -0.3 is 14.8 Å². The van der Waals surface area contributed by atoms with Crippen molar-refractivity contribution in [2.45, 2.75) is 33.4 Å². The summed E-state index contributed by atoms with van der Waals surface area (Å²) in [5.74, 6) is 1.33. The fourth-order valence-corrected chi connectivity index (χ4v) is 1.62. The summed E-state index contributed by atoms with van der Waals surface area (Å²) in [5.41, 5.74) is 1.08. The van der Waals surface area contributed by atoms with Crippen LogP contribution in [0, 0.1) is 5.92 Å². The predicted molar refractivity (Wildman–Crippen MR) is 72.7 cm³/mol. The minimum Gasteiger partial charge on any atom is -0.472 e. The van der Waals surface area contributed by atoms with Gasteiger partial charge in [0.25, 0.3) is 0 Å². The zero-order valence-electron chi connectivity index (χ0n) is 11.8. The lowest BCUT2D eigenvalue weighted by Gasteiger charge is -2.16. The number of methoxy groups -OCH3 is 1. The Hall–Kier alpha value is -1.13. The van der Waals surface area contributed by atoms with Crippen LogP contribution in [0.25, 0.3) is 0 Å². The zero-order chi connectivity index (χ0) is 13.4. The number of ether oxygens (including phenoxy) is 2. The van der Waals surface area contributed by atoms with Crippen LogP contribution in [0.4, 0.5) is 0 Å². The van der Waals surface area contributed by atoms with E-state index in [9.17, 15) is 0 Å². The Morgan fingerprint density at radius 1 is 1.33 bits per heavy atom. The maximum Gasteiger partial charge on any atom is 0.218 e. The first-order chi connectivity index (χ1) is 8.63. The van der Waals surface area contributed by atoms with E-state index in [0.717, 1.165) is 18.7 Å². The Morgan fingerprint density at radius 3 is 2.78 bits per heavy atom. The van der Waals surface area contributed by atoms with E-state index < -0.39 is 0 Å². The second kappa shape index (κ2) is 8.06. The Balaban J connectivity index is 2.56. The Labute approximate surface area is 110 Å². The first-order valence-electron chi connectivity index (χ1n) is 6.43. The first kappa shape index (κ1) is 14.9. The molecule has 0 saturated carbocycles. The molecule has 0 radical (unpaired) electrons. The molecule has 0 fully saturated rings. The highest BCUT2D eigenvalue weighted by atomic mass is 16.5.